The van der Waals surface area contributed by atoms with Gasteiger partial charge in [-0.25, -0.2) is 9.18 Å². The molecule has 104 valence electrons. The number of hydrogen-bond acceptors (Lipinski definition) is 3. The normalized spacial score (nSPS) is 20.3. The van der Waals surface area contributed by atoms with Gasteiger partial charge in [-0.05, 0) is 46.0 Å². The largest absolute Gasteiger partial charge is 0.438 e. The molecule has 0 amide bonds. The summed E-state index contributed by atoms with van der Waals surface area (Å²) in [6.07, 6.45) is 0.851. The molecule has 19 heavy (non-hydrogen) atoms. The van der Waals surface area contributed by atoms with Crippen LogP contribution in [0.1, 0.15) is 29.6 Å². The molecule has 3 rings (SSSR count). The zero-order valence-electron chi connectivity index (χ0n) is 9.61. The fourth-order valence-corrected chi connectivity index (χ4v) is 2.26. The Kier molecular flexibility index (Phi) is 5.28. The van der Waals surface area contributed by atoms with Crippen LogP contribution in [0.3, 0.4) is 0 Å². The smallest absolute Gasteiger partial charge is 0.296 e. The van der Waals surface area contributed by atoms with Gasteiger partial charge in [0, 0.05) is 5.92 Å². The molecule has 1 aromatic carbocycles. The van der Waals surface area contributed by atoms with E-state index in [0.29, 0.717) is 10.3 Å². The van der Waals surface area contributed by atoms with Crippen molar-refractivity contribution in [1.82, 2.24) is 10.1 Å². The van der Waals surface area contributed by atoms with Crippen molar-refractivity contribution < 1.29 is 8.91 Å². The fourth-order valence-electron chi connectivity index (χ4n) is 2.01. The topological polar surface area (TPSA) is 58.9 Å². The average molecular weight is 367 g/mol. The molecule has 1 aromatic heterocycles. The first kappa shape index (κ1) is 16.3. The Morgan fingerprint density at radius 1 is 1.37 bits per heavy atom. The van der Waals surface area contributed by atoms with E-state index < -0.39 is 5.76 Å². The molecule has 1 aliphatic rings. The Morgan fingerprint density at radius 3 is 2.68 bits per heavy atom. The Morgan fingerprint density at radius 2 is 2.11 bits per heavy atom. The van der Waals surface area contributed by atoms with Crippen LogP contribution in [0.2, 0.25) is 0 Å². The molecule has 8 heteroatoms. The summed E-state index contributed by atoms with van der Waals surface area (Å²) in [5, 5.41) is 3.65. The molecule has 4 nitrogen and oxygen atoms in total. The molecule has 0 unspecified atom stereocenters. The average Bonchev–Trinajstić information content (AvgIpc) is 2.99. The number of nitrogens with zero attached hydrogens (tertiary/aromatic N) is 1. The van der Waals surface area contributed by atoms with Gasteiger partial charge in [-0.2, -0.15) is 27.0 Å². The lowest BCUT2D eigenvalue weighted by Crippen LogP contribution is -1.96. The standard InChI is InChI=1S/C11H8BrFN2O2.2H2S/c12-8-2-1-5(3-9(8)13)6-4-7(6)10-14-11(16)17-15-10;;/h1-3,6-7H,4H2,(H,14,15,16);2*1H2/t6-,7+;;/m1../s1. The van der Waals surface area contributed by atoms with E-state index >= 15 is 0 Å². The SMILES string of the molecule is O=c1[nH]c([C@H]2C[C@@H]2c2ccc(Br)c(F)c2)no1.S.S. The summed E-state index contributed by atoms with van der Waals surface area (Å²) in [5.74, 6) is 0.0538. The van der Waals surface area contributed by atoms with E-state index in [2.05, 4.69) is 30.6 Å². The third kappa shape index (κ3) is 3.24. The van der Waals surface area contributed by atoms with Gasteiger partial charge < -0.3 is 0 Å². The van der Waals surface area contributed by atoms with Crippen molar-refractivity contribution in [3.05, 3.63) is 50.4 Å². The predicted molar refractivity (Wildman–Crippen MR) is 82.1 cm³/mol. The molecule has 2 aromatic rings. The van der Waals surface area contributed by atoms with Gasteiger partial charge >= 0.3 is 5.76 Å². The van der Waals surface area contributed by atoms with Gasteiger partial charge in [-0.3, -0.25) is 9.51 Å². The monoisotopic (exact) mass is 366 g/mol. The van der Waals surface area contributed by atoms with Crippen molar-refractivity contribution in [2.75, 3.05) is 0 Å². The first-order valence-electron chi connectivity index (χ1n) is 5.16. The maximum absolute atomic E-state index is 13.4. The van der Waals surface area contributed by atoms with Crippen molar-refractivity contribution in [3.63, 3.8) is 0 Å². The van der Waals surface area contributed by atoms with Crippen LogP contribution in [0, 0.1) is 5.82 Å². The van der Waals surface area contributed by atoms with Crippen LogP contribution in [0.25, 0.3) is 0 Å². The second-order valence-corrected chi connectivity index (χ2v) is 4.96. The van der Waals surface area contributed by atoms with Gasteiger partial charge in [0.1, 0.15) is 5.82 Å². The summed E-state index contributed by atoms with van der Waals surface area (Å²) < 4.78 is 18.3. The van der Waals surface area contributed by atoms with E-state index in [4.69, 9.17) is 0 Å². The zero-order chi connectivity index (χ0) is 12.0. The molecule has 0 saturated heterocycles. The Bertz CT molecular complexity index is 631. The highest BCUT2D eigenvalue weighted by atomic mass is 79.9. The van der Waals surface area contributed by atoms with Crippen LogP contribution in [0.5, 0.6) is 0 Å². The lowest BCUT2D eigenvalue weighted by Gasteiger charge is -2.00. The van der Waals surface area contributed by atoms with Crippen LogP contribution >= 0.6 is 42.9 Å². The number of hydrogen-bond donors (Lipinski definition) is 1. The Balaban J connectivity index is 0.000000902. The molecular formula is C11H12BrFN2O2S2. The van der Waals surface area contributed by atoms with Crippen LogP contribution in [0.4, 0.5) is 4.39 Å². The Labute approximate surface area is 130 Å². The van der Waals surface area contributed by atoms with Crippen LogP contribution in [-0.4, -0.2) is 10.1 Å². The van der Waals surface area contributed by atoms with Crippen LogP contribution < -0.4 is 5.76 Å². The first-order chi connectivity index (χ1) is 8.15. The van der Waals surface area contributed by atoms with E-state index in [9.17, 15) is 9.18 Å². The number of halogens is 2. The summed E-state index contributed by atoms with van der Waals surface area (Å²) in [6.45, 7) is 0. The summed E-state index contributed by atoms with van der Waals surface area (Å²) >= 11 is 3.11. The lowest BCUT2D eigenvalue weighted by atomic mass is 10.1. The number of rotatable bonds is 2. The van der Waals surface area contributed by atoms with Crippen molar-refractivity contribution in [1.29, 1.82) is 0 Å². The molecular weight excluding hydrogens is 355 g/mol. The number of H-pyrrole nitrogens is 1. The number of benzene rings is 1. The van der Waals surface area contributed by atoms with Gasteiger partial charge in [0.05, 0.1) is 4.47 Å². The highest BCUT2D eigenvalue weighted by Crippen LogP contribution is 2.53. The number of nitrogens with one attached hydrogen (secondary N) is 1. The third-order valence-electron chi connectivity index (χ3n) is 2.97. The first-order valence-corrected chi connectivity index (χ1v) is 5.95. The van der Waals surface area contributed by atoms with Crippen molar-refractivity contribution >= 4 is 42.9 Å². The van der Waals surface area contributed by atoms with E-state index in [0.717, 1.165) is 12.0 Å². The molecule has 2 atom stereocenters. The van der Waals surface area contributed by atoms with Crippen molar-refractivity contribution in [2.24, 2.45) is 0 Å². The summed E-state index contributed by atoms with van der Waals surface area (Å²) in [7, 11) is 0. The second kappa shape index (κ2) is 6.15. The molecule has 1 heterocycles. The fraction of sp³-hybridized carbons (Fsp3) is 0.273. The molecule has 1 saturated carbocycles. The lowest BCUT2D eigenvalue weighted by molar-refractivity contribution is 0.381. The van der Waals surface area contributed by atoms with Crippen molar-refractivity contribution in [2.45, 2.75) is 18.3 Å². The minimum atomic E-state index is -0.548. The maximum atomic E-state index is 13.4. The van der Waals surface area contributed by atoms with E-state index in [1.54, 1.807) is 6.07 Å². The molecule has 1 aliphatic carbocycles. The molecule has 1 fully saturated rings. The highest BCUT2D eigenvalue weighted by molar-refractivity contribution is 9.10. The summed E-state index contributed by atoms with van der Waals surface area (Å²) in [5.41, 5.74) is 0.916. The van der Waals surface area contributed by atoms with Gasteiger partial charge in [-0.1, -0.05) is 11.2 Å². The van der Waals surface area contributed by atoms with Crippen molar-refractivity contribution in [3.8, 4) is 0 Å². The molecule has 0 radical (unpaired) electrons. The van der Waals surface area contributed by atoms with Gasteiger partial charge in [0.25, 0.3) is 0 Å². The van der Waals surface area contributed by atoms with Gasteiger partial charge in [-0.15, -0.1) is 0 Å². The second-order valence-electron chi connectivity index (χ2n) is 4.10. The molecule has 0 bridgehead atoms. The zero-order valence-corrected chi connectivity index (χ0v) is 13.2. The van der Waals surface area contributed by atoms with Gasteiger partial charge in [0.2, 0.25) is 0 Å². The predicted octanol–water partition coefficient (Wildman–Crippen LogP) is 2.76. The number of aromatic nitrogens is 2. The minimum absolute atomic E-state index is 0. The third-order valence-corrected chi connectivity index (χ3v) is 3.61. The van der Waals surface area contributed by atoms with E-state index in [1.165, 1.54) is 6.07 Å². The van der Waals surface area contributed by atoms with Crippen LogP contribution in [-0.2, 0) is 0 Å². The van der Waals surface area contributed by atoms with Gasteiger partial charge in [0.15, 0.2) is 5.82 Å². The van der Waals surface area contributed by atoms with E-state index in [-0.39, 0.29) is 44.6 Å². The molecule has 0 spiro atoms. The summed E-state index contributed by atoms with van der Waals surface area (Å²) in [6, 6.07) is 5.06. The number of aromatic amines is 1. The minimum Gasteiger partial charge on any atom is -0.296 e. The van der Waals surface area contributed by atoms with E-state index in [1.807, 2.05) is 6.07 Å². The quantitative estimate of drug-likeness (QED) is 0.888. The highest BCUT2D eigenvalue weighted by Gasteiger charge is 2.42. The van der Waals surface area contributed by atoms with Crippen LogP contribution in [0.15, 0.2) is 32.0 Å². The maximum Gasteiger partial charge on any atom is 0.438 e. The summed E-state index contributed by atoms with van der Waals surface area (Å²) in [4.78, 5) is 13.3. The molecule has 0 aliphatic heterocycles. The molecule has 1 N–H and O–H groups in total. The Hall–Kier alpha value is -0.730.